The van der Waals surface area contributed by atoms with Gasteiger partial charge in [0.2, 0.25) is 0 Å². The third-order valence-corrected chi connectivity index (χ3v) is 4.04. The Morgan fingerprint density at radius 3 is 2.65 bits per heavy atom. The number of benzene rings is 1. The molecular weight excluding hydrogens is 290 g/mol. The summed E-state index contributed by atoms with van der Waals surface area (Å²) in [5.41, 5.74) is 0.790. The Kier molecular flexibility index (Phi) is 6.05. The van der Waals surface area contributed by atoms with Crippen molar-refractivity contribution < 1.29 is 14.3 Å². The maximum atomic E-state index is 12.5. The normalized spacial score (nSPS) is 20.2. The molecule has 1 fully saturated rings. The zero-order valence-corrected chi connectivity index (χ0v) is 14.7. The van der Waals surface area contributed by atoms with E-state index in [4.69, 9.17) is 9.47 Å². The number of hydrogen-bond donors (Lipinski definition) is 0. The van der Waals surface area contributed by atoms with Crippen LogP contribution in [0.2, 0.25) is 0 Å². The molecule has 0 spiro atoms. The topological polar surface area (TPSA) is 38.8 Å². The van der Waals surface area contributed by atoms with E-state index in [1.165, 1.54) is 5.56 Å². The van der Waals surface area contributed by atoms with Crippen LogP contribution in [0.5, 0.6) is 0 Å². The maximum Gasteiger partial charge on any atom is 0.412 e. The summed E-state index contributed by atoms with van der Waals surface area (Å²) in [5, 5.41) is 0. The summed E-state index contributed by atoms with van der Waals surface area (Å²) in [6, 6.07) is 10.4. The van der Waals surface area contributed by atoms with Crippen molar-refractivity contribution in [2.75, 3.05) is 13.2 Å². The molecule has 1 aliphatic rings. The van der Waals surface area contributed by atoms with E-state index in [0.29, 0.717) is 13.2 Å². The van der Waals surface area contributed by atoms with Crippen LogP contribution >= 0.6 is 0 Å². The van der Waals surface area contributed by atoms with Crippen LogP contribution < -0.4 is 0 Å². The maximum absolute atomic E-state index is 12.5. The smallest absolute Gasteiger partial charge is 0.412 e. The molecule has 1 heterocycles. The fourth-order valence-electron chi connectivity index (χ4n) is 2.93. The fourth-order valence-corrected chi connectivity index (χ4v) is 2.93. The molecule has 0 saturated carbocycles. The Morgan fingerprint density at radius 1 is 1.35 bits per heavy atom. The van der Waals surface area contributed by atoms with E-state index < -0.39 is 5.60 Å². The summed E-state index contributed by atoms with van der Waals surface area (Å²) < 4.78 is 11.5. The monoisotopic (exact) mass is 319 g/mol. The Balaban J connectivity index is 2.10. The molecule has 4 heteroatoms. The van der Waals surface area contributed by atoms with Crippen LogP contribution in [0.3, 0.4) is 0 Å². The van der Waals surface area contributed by atoms with Gasteiger partial charge in [0.1, 0.15) is 11.8 Å². The Labute approximate surface area is 139 Å². The third kappa shape index (κ3) is 5.24. The first-order valence-electron chi connectivity index (χ1n) is 8.56. The number of nitrogens with zero attached hydrogens (tertiary/aromatic N) is 1. The highest BCUT2D eigenvalue weighted by Gasteiger charge is 2.35. The Hall–Kier alpha value is -1.55. The molecule has 23 heavy (non-hydrogen) atoms. The fraction of sp³-hybridized carbons (Fsp3) is 0.632. The van der Waals surface area contributed by atoms with Crippen LogP contribution in [0.25, 0.3) is 0 Å². The molecule has 4 nitrogen and oxygen atoms in total. The number of hydrogen-bond acceptors (Lipinski definition) is 3. The van der Waals surface area contributed by atoms with E-state index in [1.54, 1.807) is 4.90 Å². The predicted octanol–water partition coefficient (Wildman–Crippen LogP) is 4.24. The van der Waals surface area contributed by atoms with Crippen molar-refractivity contribution in [3.05, 3.63) is 35.9 Å². The summed E-state index contributed by atoms with van der Waals surface area (Å²) in [6.07, 6.45) is 2.25. The van der Waals surface area contributed by atoms with Gasteiger partial charge in [-0.05, 0) is 45.6 Å². The van der Waals surface area contributed by atoms with Crippen LogP contribution in [0.1, 0.15) is 46.1 Å². The van der Waals surface area contributed by atoms with Gasteiger partial charge < -0.3 is 9.47 Å². The van der Waals surface area contributed by atoms with Crippen LogP contribution in [0.15, 0.2) is 30.3 Å². The van der Waals surface area contributed by atoms with E-state index in [2.05, 4.69) is 31.2 Å². The number of carbonyl (C=O) groups excluding carboxylic acids is 1. The molecule has 2 rings (SSSR count). The minimum absolute atomic E-state index is 0.205. The Morgan fingerprint density at radius 2 is 2.04 bits per heavy atom. The largest absolute Gasteiger partial charge is 0.444 e. The lowest BCUT2D eigenvalue weighted by Crippen LogP contribution is -2.51. The second-order valence-corrected chi connectivity index (χ2v) is 7.15. The average Bonchev–Trinajstić information content (AvgIpc) is 2.52. The average molecular weight is 319 g/mol. The first kappa shape index (κ1) is 17.8. The van der Waals surface area contributed by atoms with Crippen LogP contribution in [-0.4, -0.2) is 36.0 Å². The molecular formula is C19H29NO3. The van der Waals surface area contributed by atoms with Gasteiger partial charge in [-0.15, -0.1) is 0 Å². The predicted molar refractivity (Wildman–Crippen MR) is 91.2 cm³/mol. The highest BCUT2D eigenvalue weighted by molar-refractivity contribution is 5.68. The van der Waals surface area contributed by atoms with Gasteiger partial charge in [0.15, 0.2) is 0 Å². The van der Waals surface area contributed by atoms with E-state index in [0.717, 1.165) is 19.3 Å². The molecule has 1 aliphatic heterocycles. The first-order valence-corrected chi connectivity index (χ1v) is 8.56. The standard InChI is InChI=1S/C19H29NO3/c1-5-16(14-15-10-7-6-8-11-15)17-20(12-9-13-22-17)18(21)23-19(2,3)4/h6-8,10-11,16-17H,5,9,12-14H2,1-4H3. The van der Waals surface area contributed by atoms with Crippen LogP contribution in [-0.2, 0) is 15.9 Å². The van der Waals surface area contributed by atoms with Crippen molar-refractivity contribution >= 4 is 6.09 Å². The van der Waals surface area contributed by atoms with E-state index in [1.807, 2.05) is 26.8 Å². The SMILES string of the molecule is CCC(Cc1ccccc1)C1OCCCN1C(=O)OC(C)(C)C. The molecule has 1 saturated heterocycles. The number of carbonyl (C=O) groups is 1. The lowest BCUT2D eigenvalue weighted by Gasteiger charge is -2.40. The molecule has 1 aromatic carbocycles. The molecule has 0 aromatic heterocycles. The zero-order chi connectivity index (χ0) is 16.9. The van der Waals surface area contributed by atoms with Crippen LogP contribution in [0, 0.1) is 5.92 Å². The van der Waals surface area contributed by atoms with Gasteiger partial charge in [-0.1, -0.05) is 37.3 Å². The molecule has 0 N–H and O–H groups in total. The lowest BCUT2D eigenvalue weighted by molar-refractivity contribution is -0.122. The second-order valence-electron chi connectivity index (χ2n) is 7.15. The highest BCUT2D eigenvalue weighted by Crippen LogP contribution is 2.26. The quantitative estimate of drug-likeness (QED) is 0.833. The van der Waals surface area contributed by atoms with E-state index >= 15 is 0 Å². The minimum atomic E-state index is -0.486. The molecule has 2 atom stereocenters. The van der Waals surface area contributed by atoms with Gasteiger partial charge in [0.05, 0.1) is 6.61 Å². The summed E-state index contributed by atoms with van der Waals surface area (Å²) in [7, 11) is 0. The number of amides is 1. The summed E-state index contributed by atoms with van der Waals surface area (Å²) >= 11 is 0. The number of rotatable bonds is 4. The van der Waals surface area contributed by atoms with Gasteiger partial charge in [-0.2, -0.15) is 0 Å². The van der Waals surface area contributed by atoms with Crippen molar-refractivity contribution in [2.45, 2.75) is 58.8 Å². The van der Waals surface area contributed by atoms with Gasteiger partial charge in [0, 0.05) is 12.5 Å². The van der Waals surface area contributed by atoms with Crippen molar-refractivity contribution in [3.8, 4) is 0 Å². The van der Waals surface area contributed by atoms with Crippen LogP contribution in [0.4, 0.5) is 4.79 Å². The molecule has 0 bridgehead atoms. The molecule has 1 amide bonds. The summed E-state index contributed by atoms with van der Waals surface area (Å²) in [5.74, 6) is 0.269. The minimum Gasteiger partial charge on any atom is -0.444 e. The lowest BCUT2D eigenvalue weighted by atomic mass is 9.94. The van der Waals surface area contributed by atoms with E-state index in [-0.39, 0.29) is 18.2 Å². The first-order chi connectivity index (χ1) is 10.9. The number of ether oxygens (including phenoxy) is 2. The molecule has 0 aliphatic carbocycles. The second kappa shape index (κ2) is 7.82. The molecule has 1 aromatic rings. The van der Waals surface area contributed by atoms with Gasteiger partial charge >= 0.3 is 6.09 Å². The van der Waals surface area contributed by atoms with Crippen molar-refractivity contribution in [1.29, 1.82) is 0 Å². The summed E-state index contributed by atoms with van der Waals surface area (Å²) in [4.78, 5) is 14.3. The molecule has 0 radical (unpaired) electrons. The van der Waals surface area contributed by atoms with Gasteiger partial charge in [0.25, 0.3) is 0 Å². The third-order valence-electron chi connectivity index (χ3n) is 4.04. The van der Waals surface area contributed by atoms with Gasteiger partial charge in [-0.3, -0.25) is 4.90 Å². The summed E-state index contributed by atoms with van der Waals surface area (Å²) in [6.45, 7) is 9.24. The van der Waals surface area contributed by atoms with E-state index in [9.17, 15) is 4.79 Å². The Bertz CT molecular complexity index is 495. The van der Waals surface area contributed by atoms with Gasteiger partial charge in [-0.25, -0.2) is 4.79 Å². The highest BCUT2D eigenvalue weighted by atomic mass is 16.6. The van der Waals surface area contributed by atoms with Crippen molar-refractivity contribution in [3.63, 3.8) is 0 Å². The molecule has 128 valence electrons. The molecule has 2 unspecified atom stereocenters. The van der Waals surface area contributed by atoms with Crippen molar-refractivity contribution in [2.24, 2.45) is 5.92 Å². The van der Waals surface area contributed by atoms with Crippen molar-refractivity contribution in [1.82, 2.24) is 4.90 Å². The zero-order valence-electron chi connectivity index (χ0n) is 14.7.